The number of ether oxygens (including phenoxy) is 1. The molecule has 0 aliphatic heterocycles. The monoisotopic (exact) mass is 263 g/mol. The van der Waals surface area contributed by atoms with Gasteiger partial charge in [0.25, 0.3) is 6.43 Å². The quantitative estimate of drug-likeness (QED) is 0.421. The summed E-state index contributed by atoms with van der Waals surface area (Å²) in [5, 5.41) is 13.2. The van der Waals surface area contributed by atoms with Gasteiger partial charge in [-0.05, 0) is 0 Å². The van der Waals surface area contributed by atoms with Crippen molar-refractivity contribution in [3.8, 4) is 0 Å². The average Bonchev–Trinajstić information content (AvgIpc) is 2.27. The molecule has 0 aromatic carbocycles. The van der Waals surface area contributed by atoms with Gasteiger partial charge in [0.1, 0.15) is 12.8 Å². The zero-order valence-electron chi connectivity index (χ0n) is 9.18. The molecule has 0 amide bonds. The molecule has 1 aromatic heterocycles. The molecule has 3 N–H and O–H groups in total. The highest BCUT2D eigenvalue weighted by molar-refractivity contribution is 5.56. The lowest BCUT2D eigenvalue weighted by Crippen LogP contribution is -2.15. The molecule has 0 fully saturated rings. The number of rotatable bonds is 7. The topological polar surface area (TPSA) is 116 Å². The van der Waals surface area contributed by atoms with Gasteiger partial charge in [-0.15, -0.1) is 0 Å². The Morgan fingerprint density at radius 1 is 1.61 bits per heavy atom. The summed E-state index contributed by atoms with van der Waals surface area (Å²) in [4.78, 5) is 17.1. The molecule has 1 rings (SSSR count). The van der Waals surface area contributed by atoms with Crippen molar-refractivity contribution in [3.63, 3.8) is 0 Å². The minimum Gasteiger partial charge on any atom is -0.374 e. The summed E-state index contributed by atoms with van der Waals surface area (Å²) >= 11 is 0. The van der Waals surface area contributed by atoms with Crippen LogP contribution in [0.15, 0.2) is 6.20 Å². The molecule has 0 aliphatic carbocycles. The predicted molar refractivity (Wildman–Crippen MR) is 58.4 cm³/mol. The zero-order valence-corrected chi connectivity index (χ0v) is 9.18. The Morgan fingerprint density at radius 3 is 2.94 bits per heavy atom. The number of nitrogens with zero attached hydrogens (tertiary/aromatic N) is 3. The largest absolute Gasteiger partial charge is 0.374 e. The Hall–Kier alpha value is -2.10. The van der Waals surface area contributed by atoms with Crippen LogP contribution < -0.4 is 11.1 Å². The number of hydrogen-bond acceptors (Lipinski definition) is 7. The number of nitrogens with one attached hydrogen (secondary N) is 1. The van der Waals surface area contributed by atoms with Crippen molar-refractivity contribution in [3.05, 3.63) is 16.3 Å². The molecular formula is C8H11F2N5O3. The molecule has 18 heavy (non-hydrogen) atoms. The highest BCUT2D eigenvalue weighted by Crippen LogP contribution is 2.20. The highest BCUT2D eigenvalue weighted by Gasteiger charge is 2.16. The minimum absolute atomic E-state index is 0.0363. The van der Waals surface area contributed by atoms with Crippen molar-refractivity contribution in [2.75, 3.05) is 30.8 Å². The van der Waals surface area contributed by atoms with Crippen LogP contribution in [0.5, 0.6) is 0 Å². The number of nitrogens with two attached hydrogens (primary N) is 1. The minimum atomic E-state index is -2.55. The molecule has 10 heteroatoms. The van der Waals surface area contributed by atoms with Gasteiger partial charge in [0.15, 0.2) is 0 Å². The second-order valence-corrected chi connectivity index (χ2v) is 3.11. The first-order valence-electron chi connectivity index (χ1n) is 4.87. The van der Waals surface area contributed by atoms with Gasteiger partial charge in [-0.1, -0.05) is 0 Å². The maximum atomic E-state index is 11.7. The van der Waals surface area contributed by atoms with E-state index >= 15 is 0 Å². The fraction of sp³-hybridized carbons (Fsp3) is 0.500. The standard InChI is InChI=1S/C8H11F2N5O3/c9-6(10)4-18-2-1-12-7-5(15(16)17)3-13-8(11)14-7/h3,6H,1-2,4H2,(H3,11,12,13,14). The van der Waals surface area contributed by atoms with Gasteiger partial charge in [0.2, 0.25) is 11.8 Å². The van der Waals surface area contributed by atoms with Gasteiger partial charge in [-0.25, -0.2) is 13.8 Å². The first-order chi connectivity index (χ1) is 8.50. The molecule has 0 atom stereocenters. The van der Waals surface area contributed by atoms with Gasteiger partial charge in [0.05, 0.1) is 11.5 Å². The molecule has 0 radical (unpaired) electrons. The van der Waals surface area contributed by atoms with E-state index in [1.165, 1.54) is 0 Å². The summed E-state index contributed by atoms with van der Waals surface area (Å²) < 4.78 is 28.1. The summed E-state index contributed by atoms with van der Waals surface area (Å²) in [5.74, 6) is -0.204. The summed E-state index contributed by atoms with van der Waals surface area (Å²) in [7, 11) is 0. The van der Waals surface area contributed by atoms with Crippen molar-refractivity contribution >= 4 is 17.5 Å². The molecule has 1 heterocycles. The first kappa shape index (κ1) is 14.0. The average molecular weight is 263 g/mol. The highest BCUT2D eigenvalue weighted by atomic mass is 19.3. The third-order valence-electron chi connectivity index (χ3n) is 1.77. The van der Waals surface area contributed by atoms with E-state index in [1.54, 1.807) is 0 Å². The van der Waals surface area contributed by atoms with Crippen LogP contribution in [0.2, 0.25) is 0 Å². The summed E-state index contributed by atoms with van der Waals surface area (Å²) in [6.45, 7) is -0.634. The van der Waals surface area contributed by atoms with E-state index in [4.69, 9.17) is 5.73 Å². The van der Waals surface area contributed by atoms with E-state index < -0.39 is 18.0 Å². The maximum absolute atomic E-state index is 11.7. The van der Waals surface area contributed by atoms with Crippen LogP contribution in [0.25, 0.3) is 0 Å². The molecule has 0 spiro atoms. The number of halogens is 2. The Balaban J connectivity index is 2.50. The number of alkyl halides is 2. The molecule has 100 valence electrons. The predicted octanol–water partition coefficient (Wildman–Crippen LogP) is 0.661. The number of nitrogen functional groups attached to an aromatic ring is 1. The third-order valence-corrected chi connectivity index (χ3v) is 1.77. The van der Waals surface area contributed by atoms with Crippen LogP contribution in [-0.2, 0) is 4.74 Å². The van der Waals surface area contributed by atoms with Crippen molar-refractivity contribution in [2.24, 2.45) is 0 Å². The molecule has 0 saturated carbocycles. The normalized spacial score (nSPS) is 10.6. The van der Waals surface area contributed by atoms with Gasteiger partial charge in [0, 0.05) is 6.54 Å². The van der Waals surface area contributed by atoms with Gasteiger partial charge in [-0.3, -0.25) is 10.1 Å². The van der Waals surface area contributed by atoms with Gasteiger partial charge in [-0.2, -0.15) is 4.98 Å². The van der Waals surface area contributed by atoms with Crippen molar-refractivity contribution in [1.82, 2.24) is 9.97 Å². The lowest BCUT2D eigenvalue weighted by Gasteiger charge is -2.06. The van der Waals surface area contributed by atoms with E-state index in [1.807, 2.05) is 0 Å². The van der Waals surface area contributed by atoms with Crippen LogP contribution in [0, 0.1) is 10.1 Å². The van der Waals surface area contributed by atoms with Crippen LogP contribution >= 0.6 is 0 Å². The van der Waals surface area contributed by atoms with E-state index in [2.05, 4.69) is 20.0 Å². The van der Waals surface area contributed by atoms with Gasteiger partial charge >= 0.3 is 5.69 Å². The Labute approximate surface area is 100 Å². The second-order valence-electron chi connectivity index (χ2n) is 3.11. The molecule has 0 saturated heterocycles. The zero-order chi connectivity index (χ0) is 13.5. The SMILES string of the molecule is Nc1ncc([N+](=O)[O-])c(NCCOCC(F)F)n1. The number of nitro groups is 1. The van der Waals surface area contributed by atoms with Crippen LogP contribution in [0.1, 0.15) is 0 Å². The van der Waals surface area contributed by atoms with E-state index in [9.17, 15) is 18.9 Å². The summed E-state index contributed by atoms with van der Waals surface area (Å²) in [5.41, 5.74) is 4.93. The molecule has 0 unspecified atom stereocenters. The molecule has 0 bridgehead atoms. The number of anilines is 2. The van der Waals surface area contributed by atoms with Crippen LogP contribution in [0.3, 0.4) is 0 Å². The summed E-state index contributed by atoms with van der Waals surface area (Å²) in [6, 6.07) is 0. The van der Waals surface area contributed by atoms with E-state index in [-0.39, 0.29) is 30.6 Å². The second kappa shape index (κ2) is 6.59. The van der Waals surface area contributed by atoms with Crippen LogP contribution in [0.4, 0.5) is 26.2 Å². The van der Waals surface area contributed by atoms with Crippen molar-refractivity contribution in [1.29, 1.82) is 0 Å². The van der Waals surface area contributed by atoms with E-state index in [0.717, 1.165) is 6.20 Å². The number of hydrogen-bond donors (Lipinski definition) is 2. The molecular weight excluding hydrogens is 252 g/mol. The Morgan fingerprint density at radius 2 is 2.33 bits per heavy atom. The molecule has 8 nitrogen and oxygen atoms in total. The van der Waals surface area contributed by atoms with Crippen molar-refractivity contribution < 1.29 is 18.4 Å². The third kappa shape index (κ3) is 4.41. The lowest BCUT2D eigenvalue weighted by molar-refractivity contribution is -0.384. The Bertz CT molecular complexity index is 418. The first-order valence-corrected chi connectivity index (χ1v) is 4.87. The fourth-order valence-electron chi connectivity index (χ4n) is 1.07. The molecule has 1 aromatic rings. The molecule has 0 aliphatic rings. The van der Waals surface area contributed by atoms with Crippen LogP contribution in [-0.4, -0.2) is 41.1 Å². The van der Waals surface area contributed by atoms with E-state index in [0.29, 0.717) is 0 Å². The van der Waals surface area contributed by atoms with Gasteiger partial charge < -0.3 is 15.8 Å². The maximum Gasteiger partial charge on any atom is 0.329 e. The Kier molecular flexibility index (Phi) is 5.11. The number of aromatic nitrogens is 2. The van der Waals surface area contributed by atoms with Crippen molar-refractivity contribution in [2.45, 2.75) is 6.43 Å². The fourth-order valence-corrected chi connectivity index (χ4v) is 1.07. The lowest BCUT2D eigenvalue weighted by atomic mass is 10.4. The summed E-state index contributed by atoms with van der Waals surface area (Å²) in [6.07, 6.45) is -1.58. The smallest absolute Gasteiger partial charge is 0.329 e.